The van der Waals surface area contributed by atoms with Gasteiger partial charge in [0.1, 0.15) is 6.10 Å². The molecule has 1 aromatic rings. The summed E-state index contributed by atoms with van der Waals surface area (Å²) in [5, 5.41) is 18.2. The molecule has 2 aliphatic rings. The number of hydrogen-bond donors (Lipinski definition) is 2. The molecule has 2 aliphatic heterocycles. The van der Waals surface area contributed by atoms with Crippen LogP contribution in [0, 0.1) is 0 Å². The van der Waals surface area contributed by atoms with E-state index in [0.29, 0.717) is 32.5 Å². The fourth-order valence-electron chi connectivity index (χ4n) is 2.90. The van der Waals surface area contributed by atoms with Crippen molar-refractivity contribution in [3.8, 4) is 0 Å². The summed E-state index contributed by atoms with van der Waals surface area (Å²) in [5.74, 6) is 0. The molecule has 2 amide bonds. The predicted molar refractivity (Wildman–Crippen MR) is 78.1 cm³/mol. The van der Waals surface area contributed by atoms with Crippen LogP contribution in [0.2, 0.25) is 0 Å². The number of carbonyl (C=O) groups is 2. The summed E-state index contributed by atoms with van der Waals surface area (Å²) in [5.41, 5.74) is 2.89. The van der Waals surface area contributed by atoms with Gasteiger partial charge in [0, 0.05) is 18.8 Å². The molecule has 2 N–H and O–H groups in total. The second kappa shape index (κ2) is 5.84. The first kappa shape index (κ1) is 14.6. The Morgan fingerprint density at radius 1 is 1.27 bits per heavy atom. The molecule has 0 spiro atoms. The van der Waals surface area contributed by atoms with Gasteiger partial charge in [-0.1, -0.05) is 6.07 Å². The van der Waals surface area contributed by atoms with Gasteiger partial charge in [-0.15, -0.1) is 0 Å². The van der Waals surface area contributed by atoms with Gasteiger partial charge in [0.15, 0.2) is 0 Å². The molecule has 0 radical (unpaired) electrons. The number of anilines is 1. The van der Waals surface area contributed by atoms with Crippen LogP contribution in [0.25, 0.3) is 0 Å². The largest absolute Gasteiger partial charge is 0.465 e. The van der Waals surface area contributed by atoms with Crippen LogP contribution >= 0.6 is 0 Å². The van der Waals surface area contributed by atoms with Crippen molar-refractivity contribution >= 4 is 17.9 Å². The average Bonchev–Trinajstić information content (AvgIpc) is 2.75. The summed E-state index contributed by atoms with van der Waals surface area (Å²) in [7, 11) is 0. The van der Waals surface area contributed by atoms with Crippen molar-refractivity contribution in [1.29, 1.82) is 0 Å². The van der Waals surface area contributed by atoms with Gasteiger partial charge in [0.05, 0.1) is 13.2 Å². The van der Waals surface area contributed by atoms with Crippen molar-refractivity contribution in [3.05, 3.63) is 29.3 Å². The standard InChI is InChI=1S/C15H18N2O5/c18-9-13-8-17(15(21)22-13)12-2-1-10-3-5-16(14(19)20)6-4-11(10)7-12/h1-2,7,13,18H,3-6,8-9H2,(H,19,20)/t13-/m0/s1. The summed E-state index contributed by atoms with van der Waals surface area (Å²) < 4.78 is 5.05. The number of aliphatic hydroxyl groups excluding tert-OH is 1. The highest BCUT2D eigenvalue weighted by Crippen LogP contribution is 2.26. The van der Waals surface area contributed by atoms with Crippen molar-refractivity contribution in [3.63, 3.8) is 0 Å². The number of amides is 2. The van der Waals surface area contributed by atoms with E-state index >= 15 is 0 Å². The van der Waals surface area contributed by atoms with Crippen molar-refractivity contribution in [1.82, 2.24) is 4.90 Å². The van der Waals surface area contributed by atoms with Crippen LogP contribution in [0.15, 0.2) is 18.2 Å². The summed E-state index contributed by atoms with van der Waals surface area (Å²) in [6.45, 7) is 1.08. The Morgan fingerprint density at radius 2 is 2.00 bits per heavy atom. The molecule has 1 aromatic carbocycles. The average molecular weight is 306 g/mol. The van der Waals surface area contributed by atoms with E-state index in [1.165, 1.54) is 9.80 Å². The van der Waals surface area contributed by atoms with Crippen LogP contribution in [0.4, 0.5) is 15.3 Å². The second-order valence-electron chi connectivity index (χ2n) is 5.52. The van der Waals surface area contributed by atoms with Crippen LogP contribution in [0.5, 0.6) is 0 Å². The number of nitrogens with zero attached hydrogens (tertiary/aromatic N) is 2. The molecule has 0 aromatic heterocycles. The molecule has 1 fully saturated rings. The zero-order chi connectivity index (χ0) is 15.7. The molecule has 2 heterocycles. The van der Waals surface area contributed by atoms with Gasteiger partial charge >= 0.3 is 12.2 Å². The quantitative estimate of drug-likeness (QED) is 0.853. The number of rotatable bonds is 2. The maximum Gasteiger partial charge on any atom is 0.414 e. The summed E-state index contributed by atoms with van der Waals surface area (Å²) in [6.07, 6.45) is -0.552. The number of cyclic esters (lactones) is 1. The van der Waals surface area contributed by atoms with Crippen molar-refractivity contribution in [2.45, 2.75) is 18.9 Å². The van der Waals surface area contributed by atoms with Crippen LogP contribution in [-0.4, -0.2) is 59.6 Å². The van der Waals surface area contributed by atoms with Gasteiger partial charge in [-0.3, -0.25) is 4.90 Å². The first-order valence-electron chi connectivity index (χ1n) is 7.27. The van der Waals surface area contributed by atoms with Gasteiger partial charge in [-0.05, 0) is 36.1 Å². The van der Waals surface area contributed by atoms with E-state index in [0.717, 1.165) is 16.8 Å². The molecule has 7 heteroatoms. The van der Waals surface area contributed by atoms with E-state index in [1.54, 1.807) is 0 Å². The van der Waals surface area contributed by atoms with E-state index in [-0.39, 0.29) is 6.61 Å². The number of aliphatic hydroxyl groups is 1. The first-order chi connectivity index (χ1) is 10.6. The lowest BCUT2D eigenvalue weighted by molar-refractivity contribution is 0.0963. The molecule has 118 valence electrons. The zero-order valence-electron chi connectivity index (χ0n) is 12.1. The van der Waals surface area contributed by atoms with Crippen molar-refractivity contribution in [2.75, 3.05) is 31.1 Å². The fourth-order valence-corrected chi connectivity index (χ4v) is 2.90. The molecule has 1 atom stereocenters. The Morgan fingerprint density at radius 3 is 2.64 bits per heavy atom. The van der Waals surface area contributed by atoms with E-state index in [4.69, 9.17) is 14.9 Å². The molecule has 7 nitrogen and oxygen atoms in total. The monoisotopic (exact) mass is 306 g/mol. The van der Waals surface area contributed by atoms with Gasteiger partial charge in [0.25, 0.3) is 0 Å². The topological polar surface area (TPSA) is 90.3 Å². The SMILES string of the molecule is O=C(O)N1CCc2ccc(N3C[C@@H](CO)OC3=O)cc2CC1. The lowest BCUT2D eigenvalue weighted by Gasteiger charge is -2.15. The Balaban J connectivity index is 1.80. The molecule has 22 heavy (non-hydrogen) atoms. The highest BCUT2D eigenvalue weighted by Gasteiger charge is 2.32. The Kier molecular flexibility index (Phi) is 3.89. The first-order valence-corrected chi connectivity index (χ1v) is 7.27. The Bertz CT molecular complexity index is 604. The number of hydrogen-bond acceptors (Lipinski definition) is 4. The van der Waals surface area contributed by atoms with E-state index in [2.05, 4.69) is 0 Å². The third kappa shape index (κ3) is 2.71. The second-order valence-corrected chi connectivity index (χ2v) is 5.52. The van der Waals surface area contributed by atoms with Crippen molar-refractivity contribution in [2.24, 2.45) is 0 Å². The molecule has 3 rings (SSSR count). The molecule has 0 aliphatic carbocycles. The van der Waals surface area contributed by atoms with E-state index in [1.807, 2.05) is 18.2 Å². The lowest BCUT2D eigenvalue weighted by atomic mass is 10.0. The van der Waals surface area contributed by atoms with Gasteiger partial charge in [-0.2, -0.15) is 0 Å². The van der Waals surface area contributed by atoms with E-state index < -0.39 is 18.3 Å². The fraction of sp³-hybridized carbons (Fsp3) is 0.467. The number of ether oxygens (including phenoxy) is 1. The number of fused-ring (bicyclic) bond motifs is 1. The zero-order valence-corrected chi connectivity index (χ0v) is 12.1. The lowest BCUT2D eigenvalue weighted by Crippen LogP contribution is -2.31. The molecular formula is C15H18N2O5. The molecule has 1 saturated heterocycles. The maximum atomic E-state index is 11.8. The van der Waals surface area contributed by atoms with Gasteiger partial charge < -0.3 is 19.8 Å². The van der Waals surface area contributed by atoms with Crippen molar-refractivity contribution < 1.29 is 24.5 Å². The predicted octanol–water partition coefficient (Wildman–Crippen LogP) is 1.08. The Hall–Kier alpha value is -2.28. The van der Waals surface area contributed by atoms with E-state index in [9.17, 15) is 9.59 Å². The maximum absolute atomic E-state index is 11.8. The normalized spacial score (nSPS) is 21.3. The van der Waals surface area contributed by atoms with Crippen LogP contribution < -0.4 is 4.90 Å². The minimum Gasteiger partial charge on any atom is -0.465 e. The summed E-state index contributed by atoms with van der Waals surface area (Å²) in [4.78, 5) is 25.8. The number of carbonyl (C=O) groups excluding carboxylic acids is 1. The third-order valence-corrected chi connectivity index (χ3v) is 4.15. The molecule has 0 saturated carbocycles. The number of benzene rings is 1. The molecular weight excluding hydrogens is 288 g/mol. The van der Waals surface area contributed by atoms with Crippen LogP contribution in [0.3, 0.4) is 0 Å². The highest BCUT2D eigenvalue weighted by atomic mass is 16.6. The van der Waals surface area contributed by atoms with Gasteiger partial charge in [-0.25, -0.2) is 9.59 Å². The van der Waals surface area contributed by atoms with Crippen LogP contribution in [0.1, 0.15) is 11.1 Å². The summed E-state index contributed by atoms with van der Waals surface area (Å²) >= 11 is 0. The third-order valence-electron chi connectivity index (χ3n) is 4.15. The smallest absolute Gasteiger partial charge is 0.414 e. The number of carboxylic acid groups (broad SMARTS) is 1. The minimum atomic E-state index is -0.901. The highest BCUT2D eigenvalue weighted by molar-refractivity contribution is 5.89. The molecule has 0 bridgehead atoms. The van der Waals surface area contributed by atoms with Gasteiger partial charge in [0.2, 0.25) is 0 Å². The Labute approximate surface area is 127 Å². The van der Waals surface area contributed by atoms with Crippen LogP contribution in [-0.2, 0) is 17.6 Å². The molecule has 0 unspecified atom stereocenters. The minimum absolute atomic E-state index is 0.194. The summed E-state index contributed by atoms with van der Waals surface area (Å²) in [6, 6.07) is 5.70.